The smallest absolute Gasteiger partial charge is 0.348 e. The molecule has 10 heteroatoms. The van der Waals surface area contributed by atoms with Crippen LogP contribution in [0.4, 0.5) is 13.2 Å². The number of halogens is 3. The third kappa shape index (κ3) is 4.21. The topological polar surface area (TPSA) is 70.1 Å². The predicted octanol–water partition coefficient (Wildman–Crippen LogP) is 1.11. The summed E-state index contributed by atoms with van der Waals surface area (Å²) < 4.78 is 66.8. The van der Waals surface area contributed by atoms with Crippen LogP contribution in [0.15, 0.2) is 39.6 Å². The number of carbonyl (C=O) groups is 1. The van der Waals surface area contributed by atoms with Gasteiger partial charge in [-0.3, -0.25) is 4.79 Å². The summed E-state index contributed by atoms with van der Waals surface area (Å²) in [5, 5.41) is 0. The number of amides is 1. The minimum Gasteiger partial charge on any atom is -0.348 e. The normalized spacial score (nSPS) is 17.3. The SMILES string of the molecule is O=CN1CCN(/C(=N/S(=O)(=O)c2ccccc2)C(F)(F)F)CC1. The summed E-state index contributed by atoms with van der Waals surface area (Å²) in [6.07, 6.45) is -4.37. The minimum atomic E-state index is -4.91. The van der Waals surface area contributed by atoms with Crippen molar-refractivity contribution in [2.75, 3.05) is 26.2 Å². The van der Waals surface area contributed by atoms with Gasteiger partial charge in [0.25, 0.3) is 10.0 Å². The number of carbonyl (C=O) groups excluding carboxylic acids is 1. The van der Waals surface area contributed by atoms with Crippen LogP contribution in [0, 0.1) is 0 Å². The summed E-state index contributed by atoms with van der Waals surface area (Å²) in [6, 6.07) is 6.71. The molecule has 0 bridgehead atoms. The first-order valence-corrected chi connectivity index (χ1v) is 8.09. The molecule has 0 radical (unpaired) electrons. The van der Waals surface area contributed by atoms with E-state index in [1.807, 2.05) is 0 Å². The first-order chi connectivity index (χ1) is 10.7. The zero-order valence-electron chi connectivity index (χ0n) is 11.9. The Hall–Kier alpha value is -2.10. The van der Waals surface area contributed by atoms with E-state index in [-0.39, 0.29) is 31.1 Å². The molecular formula is C13H14F3N3O3S. The van der Waals surface area contributed by atoms with Crippen molar-refractivity contribution < 1.29 is 26.4 Å². The lowest BCUT2D eigenvalue weighted by molar-refractivity contribution is -0.119. The van der Waals surface area contributed by atoms with Crippen LogP contribution in [-0.2, 0) is 14.8 Å². The number of benzene rings is 1. The fraction of sp³-hybridized carbons (Fsp3) is 0.385. The maximum absolute atomic E-state index is 13.2. The van der Waals surface area contributed by atoms with Crippen LogP contribution in [0.3, 0.4) is 0 Å². The summed E-state index contributed by atoms with van der Waals surface area (Å²) in [5.74, 6) is -1.47. The second kappa shape index (κ2) is 6.57. The van der Waals surface area contributed by atoms with Crippen LogP contribution in [0.25, 0.3) is 0 Å². The largest absolute Gasteiger partial charge is 0.450 e. The fourth-order valence-corrected chi connectivity index (χ4v) is 3.14. The highest BCUT2D eigenvalue weighted by Gasteiger charge is 2.42. The van der Waals surface area contributed by atoms with Crippen LogP contribution in [0.1, 0.15) is 0 Å². The number of nitrogens with zero attached hydrogens (tertiary/aromatic N) is 3. The Kier molecular flexibility index (Phi) is 4.93. The number of piperazine rings is 1. The molecular weight excluding hydrogens is 335 g/mol. The Morgan fingerprint density at radius 1 is 1.09 bits per heavy atom. The Balaban J connectivity index is 2.34. The molecule has 23 heavy (non-hydrogen) atoms. The summed E-state index contributed by atoms with van der Waals surface area (Å²) >= 11 is 0. The van der Waals surface area contributed by atoms with Crippen molar-refractivity contribution >= 4 is 22.3 Å². The first kappa shape index (κ1) is 17.3. The number of alkyl halides is 3. The van der Waals surface area contributed by atoms with Crippen molar-refractivity contribution in [3.63, 3.8) is 0 Å². The summed E-state index contributed by atoms with van der Waals surface area (Å²) in [4.78, 5) is 12.4. The number of amidine groups is 1. The highest BCUT2D eigenvalue weighted by molar-refractivity contribution is 7.90. The van der Waals surface area contributed by atoms with Crippen LogP contribution < -0.4 is 0 Å². The van der Waals surface area contributed by atoms with Gasteiger partial charge in [-0.05, 0) is 12.1 Å². The molecule has 1 saturated heterocycles. The van der Waals surface area contributed by atoms with E-state index in [9.17, 15) is 26.4 Å². The highest BCUT2D eigenvalue weighted by atomic mass is 32.2. The summed E-state index contributed by atoms with van der Waals surface area (Å²) in [5.41, 5.74) is 0. The lowest BCUT2D eigenvalue weighted by atomic mass is 10.3. The maximum atomic E-state index is 13.2. The second-order valence-electron chi connectivity index (χ2n) is 4.83. The summed E-state index contributed by atoms with van der Waals surface area (Å²) in [6.45, 7) is -0.128. The molecule has 2 rings (SSSR count). The van der Waals surface area contributed by atoms with Crippen molar-refractivity contribution in [1.82, 2.24) is 9.80 Å². The van der Waals surface area contributed by atoms with Crippen molar-refractivity contribution in [2.24, 2.45) is 4.40 Å². The van der Waals surface area contributed by atoms with Crippen LogP contribution >= 0.6 is 0 Å². The molecule has 0 aliphatic carbocycles. The van der Waals surface area contributed by atoms with E-state index in [1.165, 1.54) is 29.2 Å². The van der Waals surface area contributed by atoms with Gasteiger partial charge in [-0.2, -0.15) is 21.6 Å². The van der Waals surface area contributed by atoms with E-state index in [0.29, 0.717) is 6.41 Å². The number of hydrogen-bond acceptors (Lipinski definition) is 3. The lowest BCUT2D eigenvalue weighted by Crippen LogP contribution is -2.52. The van der Waals surface area contributed by atoms with E-state index in [1.54, 1.807) is 6.07 Å². The molecule has 1 fully saturated rings. The molecule has 126 valence electrons. The van der Waals surface area contributed by atoms with Gasteiger partial charge in [0, 0.05) is 26.2 Å². The van der Waals surface area contributed by atoms with Crippen LogP contribution in [-0.4, -0.2) is 62.8 Å². The average Bonchev–Trinajstić information content (AvgIpc) is 2.53. The molecule has 1 aliphatic heterocycles. The fourth-order valence-electron chi connectivity index (χ4n) is 2.09. The molecule has 6 nitrogen and oxygen atoms in total. The molecule has 0 saturated carbocycles. The van der Waals surface area contributed by atoms with E-state index in [0.717, 1.165) is 4.90 Å². The first-order valence-electron chi connectivity index (χ1n) is 6.65. The van der Waals surface area contributed by atoms with Crippen molar-refractivity contribution in [3.8, 4) is 0 Å². The molecule has 1 aromatic rings. The maximum Gasteiger partial charge on any atom is 0.450 e. The number of sulfonamides is 1. The van der Waals surface area contributed by atoms with Gasteiger partial charge >= 0.3 is 6.18 Å². The zero-order chi connectivity index (χ0) is 17.1. The standard InChI is InChI=1S/C13H14F3N3O3S/c14-13(15,16)12(19-8-6-18(10-20)7-9-19)17-23(21,22)11-4-2-1-3-5-11/h1-5,10H,6-9H2/b17-12+. The quantitative estimate of drug-likeness (QED) is 0.466. The van der Waals surface area contributed by atoms with Gasteiger partial charge in [0.2, 0.25) is 12.2 Å². The molecule has 1 heterocycles. The monoisotopic (exact) mass is 349 g/mol. The third-order valence-corrected chi connectivity index (χ3v) is 4.55. The molecule has 1 amide bonds. The van der Waals surface area contributed by atoms with Crippen molar-refractivity contribution in [3.05, 3.63) is 30.3 Å². The van der Waals surface area contributed by atoms with E-state index in [4.69, 9.17) is 0 Å². The molecule has 0 aromatic heterocycles. The lowest BCUT2D eigenvalue weighted by Gasteiger charge is -2.34. The molecule has 0 spiro atoms. The molecule has 0 atom stereocenters. The zero-order valence-corrected chi connectivity index (χ0v) is 12.7. The third-order valence-electron chi connectivity index (χ3n) is 3.26. The van der Waals surface area contributed by atoms with Crippen molar-refractivity contribution in [1.29, 1.82) is 0 Å². The Morgan fingerprint density at radius 3 is 2.13 bits per heavy atom. The predicted molar refractivity (Wildman–Crippen MR) is 76.3 cm³/mol. The van der Waals surface area contributed by atoms with Gasteiger partial charge in [0.15, 0.2) is 0 Å². The Morgan fingerprint density at radius 2 is 1.65 bits per heavy atom. The van der Waals surface area contributed by atoms with Gasteiger partial charge in [0.1, 0.15) is 0 Å². The van der Waals surface area contributed by atoms with E-state index >= 15 is 0 Å². The van der Waals surface area contributed by atoms with Gasteiger partial charge < -0.3 is 9.80 Å². The second-order valence-corrected chi connectivity index (χ2v) is 6.43. The molecule has 0 N–H and O–H groups in total. The molecule has 0 unspecified atom stereocenters. The Labute approximate surface area is 131 Å². The highest BCUT2D eigenvalue weighted by Crippen LogP contribution is 2.24. The molecule has 1 aliphatic rings. The number of rotatable bonds is 3. The van der Waals surface area contributed by atoms with Gasteiger partial charge in [0.05, 0.1) is 4.90 Å². The average molecular weight is 349 g/mol. The van der Waals surface area contributed by atoms with E-state index < -0.39 is 22.0 Å². The van der Waals surface area contributed by atoms with Crippen molar-refractivity contribution in [2.45, 2.75) is 11.1 Å². The van der Waals surface area contributed by atoms with Crippen LogP contribution in [0.5, 0.6) is 0 Å². The van der Waals surface area contributed by atoms with E-state index in [2.05, 4.69) is 4.40 Å². The molecule has 1 aromatic carbocycles. The summed E-state index contributed by atoms with van der Waals surface area (Å²) in [7, 11) is -4.47. The van der Waals surface area contributed by atoms with Gasteiger partial charge in [-0.25, -0.2) is 0 Å². The Bertz CT molecular complexity index is 681. The minimum absolute atomic E-state index is 0.0734. The number of hydrogen-bond donors (Lipinski definition) is 0. The van der Waals surface area contributed by atoms with Gasteiger partial charge in [-0.15, -0.1) is 4.40 Å². The van der Waals surface area contributed by atoms with Crippen LogP contribution in [0.2, 0.25) is 0 Å². The van der Waals surface area contributed by atoms with Gasteiger partial charge in [-0.1, -0.05) is 18.2 Å².